The standard InChI is InChI=1S/C15H28N2S/c1-6-8-11(3)14(16-9-7-2)10-15-17-12(4)13(5)18-15/h11,14,16H,6-10H2,1-5H3. The highest BCUT2D eigenvalue weighted by atomic mass is 32.1. The highest BCUT2D eigenvalue weighted by Gasteiger charge is 2.18. The number of hydrogen-bond acceptors (Lipinski definition) is 3. The third kappa shape index (κ3) is 4.69. The molecule has 1 heterocycles. The molecule has 1 N–H and O–H groups in total. The van der Waals surface area contributed by atoms with Crippen LogP contribution in [-0.2, 0) is 6.42 Å². The topological polar surface area (TPSA) is 24.9 Å². The van der Waals surface area contributed by atoms with Crippen molar-refractivity contribution in [2.75, 3.05) is 6.54 Å². The summed E-state index contributed by atoms with van der Waals surface area (Å²) in [6.45, 7) is 12.3. The van der Waals surface area contributed by atoms with Crippen LogP contribution in [-0.4, -0.2) is 17.6 Å². The van der Waals surface area contributed by atoms with E-state index in [0.717, 1.165) is 18.9 Å². The molecule has 2 nitrogen and oxygen atoms in total. The minimum absolute atomic E-state index is 0.579. The van der Waals surface area contributed by atoms with Gasteiger partial charge in [0.15, 0.2) is 0 Å². The molecule has 0 bridgehead atoms. The fourth-order valence-corrected chi connectivity index (χ4v) is 3.27. The summed E-state index contributed by atoms with van der Waals surface area (Å²) in [5.74, 6) is 0.728. The SMILES string of the molecule is CCCNC(Cc1nc(C)c(C)s1)C(C)CCC. The Hall–Kier alpha value is -0.410. The molecule has 1 rings (SSSR count). The molecule has 2 atom stereocenters. The summed E-state index contributed by atoms with van der Waals surface area (Å²) in [6, 6.07) is 0.579. The first kappa shape index (κ1) is 15.6. The summed E-state index contributed by atoms with van der Waals surface area (Å²) in [5, 5.41) is 4.99. The Morgan fingerprint density at radius 3 is 2.44 bits per heavy atom. The second-order valence-corrected chi connectivity index (χ2v) is 6.57. The molecule has 3 heteroatoms. The lowest BCUT2D eigenvalue weighted by Gasteiger charge is -2.24. The second kappa shape index (κ2) is 7.90. The van der Waals surface area contributed by atoms with Crippen molar-refractivity contribution in [2.24, 2.45) is 5.92 Å². The van der Waals surface area contributed by atoms with Crippen LogP contribution in [0.15, 0.2) is 0 Å². The van der Waals surface area contributed by atoms with Gasteiger partial charge < -0.3 is 5.32 Å². The number of hydrogen-bond donors (Lipinski definition) is 1. The van der Waals surface area contributed by atoms with Crippen molar-refractivity contribution >= 4 is 11.3 Å². The van der Waals surface area contributed by atoms with Crippen molar-refractivity contribution < 1.29 is 0 Å². The van der Waals surface area contributed by atoms with Crippen LogP contribution in [0.3, 0.4) is 0 Å². The molecule has 18 heavy (non-hydrogen) atoms. The maximum Gasteiger partial charge on any atom is 0.0946 e. The van der Waals surface area contributed by atoms with Crippen molar-refractivity contribution in [3.05, 3.63) is 15.6 Å². The Kier molecular flexibility index (Phi) is 6.87. The lowest BCUT2D eigenvalue weighted by molar-refractivity contribution is 0.352. The molecular weight excluding hydrogens is 240 g/mol. The molecule has 0 aliphatic heterocycles. The molecular formula is C15H28N2S. The molecule has 0 saturated carbocycles. The maximum absolute atomic E-state index is 4.68. The first-order valence-corrected chi connectivity index (χ1v) is 8.06. The lowest BCUT2D eigenvalue weighted by Crippen LogP contribution is -2.37. The predicted octanol–water partition coefficient (Wildman–Crippen LogP) is 4.11. The normalized spacial score (nSPS) is 14.7. The van der Waals surface area contributed by atoms with Crippen molar-refractivity contribution in [3.8, 4) is 0 Å². The van der Waals surface area contributed by atoms with E-state index in [9.17, 15) is 0 Å². The van der Waals surface area contributed by atoms with Gasteiger partial charge in [-0.3, -0.25) is 0 Å². The minimum atomic E-state index is 0.579. The van der Waals surface area contributed by atoms with Gasteiger partial charge in [0.1, 0.15) is 0 Å². The minimum Gasteiger partial charge on any atom is -0.313 e. The monoisotopic (exact) mass is 268 g/mol. The lowest BCUT2D eigenvalue weighted by atomic mass is 9.94. The van der Waals surface area contributed by atoms with Gasteiger partial charge in [-0.2, -0.15) is 0 Å². The molecule has 104 valence electrons. The molecule has 0 spiro atoms. The Balaban J connectivity index is 2.64. The highest BCUT2D eigenvalue weighted by Crippen LogP contribution is 2.21. The van der Waals surface area contributed by atoms with Gasteiger partial charge in [0.2, 0.25) is 0 Å². The van der Waals surface area contributed by atoms with E-state index in [0.29, 0.717) is 6.04 Å². The first-order chi connectivity index (χ1) is 8.58. The van der Waals surface area contributed by atoms with Crippen LogP contribution in [0.2, 0.25) is 0 Å². The van der Waals surface area contributed by atoms with Crippen LogP contribution in [0.25, 0.3) is 0 Å². The van der Waals surface area contributed by atoms with Gasteiger partial charge in [0, 0.05) is 17.3 Å². The van der Waals surface area contributed by atoms with Crippen LogP contribution in [0.1, 0.15) is 55.6 Å². The number of rotatable bonds is 8. The molecule has 0 amide bonds. The van der Waals surface area contributed by atoms with E-state index < -0.39 is 0 Å². The predicted molar refractivity (Wildman–Crippen MR) is 81.4 cm³/mol. The third-order valence-corrected chi connectivity index (χ3v) is 4.65. The maximum atomic E-state index is 4.68. The van der Waals surface area contributed by atoms with Crippen molar-refractivity contribution in [1.29, 1.82) is 0 Å². The number of aryl methyl sites for hydroxylation is 2. The molecule has 0 fully saturated rings. The summed E-state index contributed by atoms with van der Waals surface area (Å²) in [7, 11) is 0. The van der Waals surface area contributed by atoms with E-state index in [1.807, 2.05) is 11.3 Å². The van der Waals surface area contributed by atoms with Gasteiger partial charge in [-0.25, -0.2) is 4.98 Å². The first-order valence-electron chi connectivity index (χ1n) is 7.24. The Bertz CT molecular complexity index is 327. The van der Waals surface area contributed by atoms with Crippen LogP contribution in [0.4, 0.5) is 0 Å². The molecule has 0 saturated heterocycles. The van der Waals surface area contributed by atoms with Crippen molar-refractivity contribution in [1.82, 2.24) is 10.3 Å². The van der Waals surface area contributed by atoms with Gasteiger partial charge in [-0.15, -0.1) is 11.3 Å². The van der Waals surface area contributed by atoms with E-state index in [1.54, 1.807) is 0 Å². The fraction of sp³-hybridized carbons (Fsp3) is 0.800. The van der Waals surface area contributed by atoms with Crippen LogP contribution >= 0.6 is 11.3 Å². The Labute approximate surface area is 116 Å². The molecule has 1 aromatic rings. The van der Waals surface area contributed by atoms with E-state index in [-0.39, 0.29) is 0 Å². The zero-order valence-electron chi connectivity index (χ0n) is 12.5. The molecule has 2 unspecified atom stereocenters. The molecule has 1 aromatic heterocycles. The number of nitrogens with one attached hydrogen (secondary N) is 1. The van der Waals surface area contributed by atoms with Gasteiger partial charge >= 0.3 is 0 Å². The van der Waals surface area contributed by atoms with Gasteiger partial charge in [0.25, 0.3) is 0 Å². The summed E-state index contributed by atoms with van der Waals surface area (Å²) < 4.78 is 0. The summed E-state index contributed by atoms with van der Waals surface area (Å²) in [4.78, 5) is 6.04. The average molecular weight is 268 g/mol. The Morgan fingerprint density at radius 2 is 1.94 bits per heavy atom. The van der Waals surface area contributed by atoms with Crippen molar-refractivity contribution in [2.45, 2.75) is 66.3 Å². The Morgan fingerprint density at radius 1 is 1.22 bits per heavy atom. The highest BCUT2D eigenvalue weighted by molar-refractivity contribution is 7.11. The molecule has 0 aromatic carbocycles. The largest absolute Gasteiger partial charge is 0.313 e. The summed E-state index contributed by atoms with van der Waals surface area (Å²) in [6.07, 6.45) is 4.85. The van der Waals surface area contributed by atoms with E-state index in [2.05, 4.69) is 44.9 Å². The number of nitrogens with zero attached hydrogens (tertiary/aromatic N) is 1. The smallest absolute Gasteiger partial charge is 0.0946 e. The van der Waals surface area contributed by atoms with Gasteiger partial charge in [0.05, 0.1) is 10.7 Å². The number of aromatic nitrogens is 1. The van der Waals surface area contributed by atoms with Gasteiger partial charge in [-0.1, -0.05) is 27.2 Å². The molecule has 0 aliphatic carbocycles. The van der Waals surface area contributed by atoms with E-state index in [4.69, 9.17) is 0 Å². The second-order valence-electron chi connectivity index (χ2n) is 5.28. The van der Waals surface area contributed by atoms with Gasteiger partial charge in [-0.05, 0) is 39.2 Å². The zero-order chi connectivity index (χ0) is 13.5. The zero-order valence-corrected chi connectivity index (χ0v) is 13.4. The summed E-state index contributed by atoms with van der Waals surface area (Å²) in [5.41, 5.74) is 1.20. The van der Waals surface area contributed by atoms with Crippen LogP contribution in [0.5, 0.6) is 0 Å². The quantitative estimate of drug-likeness (QED) is 0.767. The van der Waals surface area contributed by atoms with Crippen LogP contribution in [0, 0.1) is 19.8 Å². The van der Waals surface area contributed by atoms with E-state index >= 15 is 0 Å². The number of thiazole rings is 1. The van der Waals surface area contributed by atoms with Crippen LogP contribution < -0.4 is 5.32 Å². The average Bonchev–Trinajstić information content (AvgIpc) is 2.64. The third-order valence-electron chi connectivity index (χ3n) is 3.55. The van der Waals surface area contributed by atoms with Crippen molar-refractivity contribution in [3.63, 3.8) is 0 Å². The molecule has 0 radical (unpaired) electrons. The summed E-state index contributed by atoms with van der Waals surface area (Å²) >= 11 is 1.86. The van der Waals surface area contributed by atoms with E-state index in [1.165, 1.54) is 34.8 Å². The fourth-order valence-electron chi connectivity index (χ4n) is 2.28. The molecule has 0 aliphatic rings.